The number of benzene rings is 2. The van der Waals surface area contributed by atoms with E-state index >= 15 is 0 Å². The topological polar surface area (TPSA) is 46.6 Å². The van der Waals surface area contributed by atoms with Crippen molar-refractivity contribution in [2.75, 3.05) is 13.7 Å². The zero-order valence-corrected chi connectivity index (χ0v) is 18.4. The molecule has 5 heteroatoms. The van der Waals surface area contributed by atoms with Crippen molar-refractivity contribution in [1.29, 1.82) is 0 Å². The van der Waals surface area contributed by atoms with Crippen molar-refractivity contribution in [3.05, 3.63) is 64.5 Å². The molecule has 30 heavy (non-hydrogen) atoms. The number of rotatable bonds is 5. The molecule has 160 valence electrons. The van der Waals surface area contributed by atoms with Crippen molar-refractivity contribution >= 4 is 11.7 Å². The zero-order valence-electron chi connectivity index (χ0n) is 18.4. The van der Waals surface area contributed by atoms with Gasteiger partial charge in [0.25, 0.3) is 0 Å². The average Bonchev–Trinajstić information content (AvgIpc) is 2.70. The number of Topliss-reactive ketones (excluding diaryl/α,β-unsaturated/α-hetero) is 1. The first-order chi connectivity index (χ1) is 14.2. The number of amides is 1. The van der Waals surface area contributed by atoms with Crippen LogP contribution in [-0.2, 0) is 27.8 Å². The Morgan fingerprint density at radius 2 is 1.90 bits per heavy atom. The van der Waals surface area contributed by atoms with Crippen LogP contribution in [0.5, 0.6) is 5.75 Å². The van der Waals surface area contributed by atoms with E-state index in [0.29, 0.717) is 30.5 Å². The molecule has 0 saturated carbocycles. The molecule has 0 N–H and O–H groups in total. The summed E-state index contributed by atoms with van der Waals surface area (Å²) in [6.07, 6.45) is 1.09. The van der Waals surface area contributed by atoms with Crippen molar-refractivity contribution in [3.8, 4) is 5.75 Å². The summed E-state index contributed by atoms with van der Waals surface area (Å²) >= 11 is 0. The van der Waals surface area contributed by atoms with Crippen molar-refractivity contribution in [3.63, 3.8) is 0 Å². The second kappa shape index (κ2) is 8.58. The normalized spacial score (nSPS) is 16.2. The van der Waals surface area contributed by atoms with Gasteiger partial charge in [0.2, 0.25) is 5.91 Å². The molecular weight excluding hydrogens is 381 g/mol. The van der Waals surface area contributed by atoms with E-state index in [9.17, 15) is 14.0 Å². The Hall–Kier alpha value is -2.69. The van der Waals surface area contributed by atoms with E-state index in [1.807, 2.05) is 45.0 Å². The largest absolute Gasteiger partial charge is 0.497 e. The van der Waals surface area contributed by atoms with Gasteiger partial charge < -0.3 is 9.64 Å². The van der Waals surface area contributed by atoms with E-state index < -0.39 is 6.04 Å². The van der Waals surface area contributed by atoms with Crippen LogP contribution in [0, 0.1) is 5.82 Å². The molecule has 0 saturated heterocycles. The molecule has 0 spiro atoms. The Bertz CT molecular complexity index is 961. The summed E-state index contributed by atoms with van der Waals surface area (Å²) in [5.41, 5.74) is 2.78. The van der Waals surface area contributed by atoms with E-state index in [4.69, 9.17) is 4.74 Å². The van der Waals surface area contributed by atoms with E-state index in [1.54, 1.807) is 25.0 Å². The summed E-state index contributed by atoms with van der Waals surface area (Å²) in [6, 6.07) is 9.98. The van der Waals surface area contributed by atoms with Gasteiger partial charge >= 0.3 is 0 Å². The maximum atomic E-state index is 14.6. The van der Waals surface area contributed by atoms with E-state index in [-0.39, 0.29) is 29.3 Å². The van der Waals surface area contributed by atoms with Crippen LogP contribution >= 0.6 is 0 Å². The summed E-state index contributed by atoms with van der Waals surface area (Å²) in [5.74, 6) is 0.271. The van der Waals surface area contributed by atoms with Gasteiger partial charge in [-0.15, -0.1) is 0 Å². The number of carbonyl (C=O) groups is 2. The maximum Gasteiger partial charge on any atom is 0.223 e. The van der Waals surface area contributed by atoms with Crippen LogP contribution in [0.25, 0.3) is 0 Å². The average molecular weight is 412 g/mol. The van der Waals surface area contributed by atoms with Gasteiger partial charge in [0.05, 0.1) is 7.11 Å². The summed E-state index contributed by atoms with van der Waals surface area (Å²) in [4.78, 5) is 27.6. The molecule has 0 radical (unpaired) electrons. The fraction of sp³-hybridized carbons (Fsp3) is 0.440. The molecule has 0 bridgehead atoms. The molecule has 1 amide bonds. The molecule has 4 nitrogen and oxygen atoms in total. The highest BCUT2D eigenvalue weighted by Gasteiger charge is 2.35. The fourth-order valence-electron chi connectivity index (χ4n) is 4.12. The fourth-order valence-corrected chi connectivity index (χ4v) is 4.12. The second-order valence-corrected chi connectivity index (χ2v) is 8.87. The smallest absolute Gasteiger partial charge is 0.223 e. The molecule has 1 heterocycles. The number of nitrogens with zero attached hydrogens (tertiary/aromatic N) is 1. The zero-order chi connectivity index (χ0) is 22.1. The van der Waals surface area contributed by atoms with E-state index in [0.717, 1.165) is 16.9 Å². The third-order valence-corrected chi connectivity index (χ3v) is 5.73. The van der Waals surface area contributed by atoms with Crippen LogP contribution in [0.4, 0.5) is 4.39 Å². The number of halogens is 1. The molecule has 2 aromatic rings. The van der Waals surface area contributed by atoms with Crippen molar-refractivity contribution in [2.24, 2.45) is 0 Å². The van der Waals surface area contributed by atoms with Gasteiger partial charge in [-0.05, 0) is 52.3 Å². The number of methoxy groups -OCH3 is 1. The van der Waals surface area contributed by atoms with Crippen LogP contribution < -0.4 is 4.74 Å². The minimum Gasteiger partial charge on any atom is -0.497 e. The molecule has 3 rings (SSSR count). The van der Waals surface area contributed by atoms with Gasteiger partial charge in [-0.2, -0.15) is 0 Å². The lowest BCUT2D eigenvalue weighted by Crippen LogP contribution is -2.43. The highest BCUT2D eigenvalue weighted by Crippen LogP contribution is 2.34. The summed E-state index contributed by atoms with van der Waals surface area (Å²) in [7, 11) is 1.61. The van der Waals surface area contributed by atoms with Gasteiger partial charge in [0.15, 0.2) is 5.78 Å². The molecule has 1 aliphatic rings. The summed E-state index contributed by atoms with van der Waals surface area (Å²) in [6.45, 7) is 8.15. The van der Waals surface area contributed by atoms with Gasteiger partial charge in [-0.3, -0.25) is 9.59 Å². The van der Waals surface area contributed by atoms with Crippen LogP contribution in [0.2, 0.25) is 0 Å². The SMILES string of the molecule is CCC(=O)N1CCc2cc(OC)ccc2[C@@H]1C(=O)Cc1ccc(C(C)(C)C)c(F)c1. The Morgan fingerprint density at radius 3 is 2.50 bits per heavy atom. The molecule has 0 aromatic heterocycles. The van der Waals surface area contributed by atoms with Gasteiger partial charge in [0, 0.05) is 19.4 Å². The number of hydrogen-bond donors (Lipinski definition) is 0. The Kier molecular flexibility index (Phi) is 6.30. The predicted octanol–water partition coefficient (Wildman–Crippen LogP) is 4.78. The second-order valence-electron chi connectivity index (χ2n) is 8.87. The molecular formula is C25H30FNO3. The third-order valence-electron chi connectivity index (χ3n) is 5.73. The molecule has 1 aliphatic heterocycles. The van der Waals surface area contributed by atoms with Gasteiger partial charge in [-0.25, -0.2) is 4.39 Å². The highest BCUT2D eigenvalue weighted by molar-refractivity contribution is 5.92. The molecule has 2 aromatic carbocycles. The lowest BCUT2D eigenvalue weighted by molar-refractivity contribution is -0.140. The minimum atomic E-state index is -0.655. The lowest BCUT2D eigenvalue weighted by atomic mass is 9.85. The maximum absolute atomic E-state index is 14.6. The standard InChI is InChI=1S/C25H30FNO3/c1-6-23(29)27-12-11-17-15-18(30-5)8-9-19(17)24(27)22(28)14-16-7-10-20(21(26)13-16)25(2,3)4/h7-10,13,15,24H,6,11-12,14H2,1-5H3/t24-/m1/s1. The van der Waals surface area contributed by atoms with Crippen molar-refractivity contribution < 1.29 is 18.7 Å². The summed E-state index contributed by atoms with van der Waals surface area (Å²) in [5, 5.41) is 0. The Morgan fingerprint density at radius 1 is 1.17 bits per heavy atom. The molecule has 0 aliphatic carbocycles. The van der Waals surface area contributed by atoms with Gasteiger partial charge in [-0.1, -0.05) is 45.9 Å². The van der Waals surface area contributed by atoms with E-state index in [1.165, 1.54) is 6.07 Å². The lowest BCUT2D eigenvalue weighted by Gasteiger charge is -2.36. The van der Waals surface area contributed by atoms with Crippen LogP contribution in [0.3, 0.4) is 0 Å². The quantitative estimate of drug-likeness (QED) is 0.711. The number of carbonyl (C=O) groups excluding carboxylic acids is 2. The third kappa shape index (κ3) is 4.40. The predicted molar refractivity (Wildman–Crippen MR) is 115 cm³/mol. The van der Waals surface area contributed by atoms with Crippen molar-refractivity contribution in [2.45, 2.75) is 58.4 Å². The number of hydrogen-bond acceptors (Lipinski definition) is 3. The van der Waals surface area contributed by atoms with Gasteiger partial charge in [0.1, 0.15) is 17.6 Å². The molecule has 0 unspecified atom stereocenters. The molecule has 1 atom stereocenters. The Balaban J connectivity index is 1.94. The minimum absolute atomic E-state index is 0.0518. The monoisotopic (exact) mass is 411 g/mol. The molecule has 0 fully saturated rings. The van der Waals surface area contributed by atoms with Crippen LogP contribution in [0.1, 0.15) is 62.4 Å². The Labute approximate surface area is 178 Å². The van der Waals surface area contributed by atoms with Crippen molar-refractivity contribution in [1.82, 2.24) is 4.90 Å². The first-order valence-electron chi connectivity index (χ1n) is 10.4. The first-order valence-corrected chi connectivity index (χ1v) is 10.4. The number of ether oxygens (including phenoxy) is 1. The first kappa shape index (κ1) is 22.0. The van der Waals surface area contributed by atoms with Crippen LogP contribution in [-0.4, -0.2) is 30.2 Å². The number of ketones is 1. The van der Waals surface area contributed by atoms with Crippen LogP contribution in [0.15, 0.2) is 36.4 Å². The highest BCUT2D eigenvalue weighted by atomic mass is 19.1. The van der Waals surface area contributed by atoms with E-state index in [2.05, 4.69) is 0 Å². The summed E-state index contributed by atoms with van der Waals surface area (Å²) < 4.78 is 19.9. The number of fused-ring (bicyclic) bond motifs is 1.